The predicted molar refractivity (Wildman–Crippen MR) is 135 cm³/mol. The van der Waals surface area contributed by atoms with Gasteiger partial charge in [0, 0.05) is 5.02 Å². The van der Waals surface area contributed by atoms with Crippen molar-refractivity contribution in [1.82, 2.24) is 0 Å². The first kappa shape index (κ1) is 25.6. The molecule has 5 atom stereocenters. The molecule has 4 N–H and O–H groups in total. The maximum Gasteiger partial charge on any atom is 0.119 e. The van der Waals surface area contributed by atoms with Crippen LogP contribution in [0, 0.1) is 6.92 Å². The molecule has 35 heavy (non-hydrogen) atoms. The molecule has 6 nitrogen and oxygen atoms in total. The molecule has 0 spiro atoms. The lowest BCUT2D eigenvalue weighted by Gasteiger charge is -2.40. The molecule has 0 amide bonds. The van der Waals surface area contributed by atoms with Crippen molar-refractivity contribution in [2.75, 3.05) is 13.2 Å². The summed E-state index contributed by atoms with van der Waals surface area (Å²) in [6.07, 6.45) is -5.47. The van der Waals surface area contributed by atoms with Gasteiger partial charge in [-0.25, -0.2) is 0 Å². The van der Waals surface area contributed by atoms with E-state index in [0.717, 1.165) is 33.6 Å². The van der Waals surface area contributed by atoms with Gasteiger partial charge in [-0.2, -0.15) is 0 Å². The van der Waals surface area contributed by atoms with Gasteiger partial charge in [-0.3, -0.25) is 0 Å². The van der Waals surface area contributed by atoms with Crippen LogP contribution in [0.1, 0.15) is 35.3 Å². The number of hydrogen-bond donors (Lipinski definition) is 4. The fourth-order valence-electron chi connectivity index (χ4n) is 4.54. The highest BCUT2D eigenvalue weighted by atomic mass is 35.5. The van der Waals surface area contributed by atoms with E-state index < -0.39 is 37.1 Å². The molecule has 4 rings (SSSR count). The molecule has 0 saturated carbocycles. The minimum atomic E-state index is -1.44. The first-order valence-corrected chi connectivity index (χ1v) is 12.1. The number of rotatable bonds is 7. The average molecular weight is 499 g/mol. The third-order valence-corrected chi connectivity index (χ3v) is 6.79. The van der Waals surface area contributed by atoms with E-state index in [-0.39, 0.29) is 0 Å². The second kappa shape index (κ2) is 11.1. The van der Waals surface area contributed by atoms with Crippen molar-refractivity contribution >= 4 is 11.6 Å². The van der Waals surface area contributed by atoms with Crippen LogP contribution in [0.15, 0.2) is 60.7 Å². The van der Waals surface area contributed by atoms with Gasteiger partial charge in [0.2, 0.25) is 0 Å². The van der Waals surface area contributed by atoms with Gasteiger partial charge in [0.1, 0.15) is 36.3 Å². The molecule has 1 heterocycles. The first-order valence-electron chi connectivity index (χ1n) is 11.7. The predicted octanol–water partition coefficient (Wildman–Crippen LogP) is 3.82. The zero-order valence-corrected chi connectivity index (χ0v) is 20.5. The molecule has 1 aliphatic rings. The van der Waals surface area contributed by atoms with Crippen molar-refractivity contribution in [3.63, 3.8) is 0 Å². The van der Waals surface area contributed by atoms with E-state index in [1.807, 2.05) is 74.5 Å². The summed E-state index contributed by atoms with van der Waals surface area (Å²) in [5.41, 5.74) is 5.72. The maximum absolute atomic E-state index is 10.8. The van der Waals surface area contributed by atoms with E-state index in [0.29, 0.717) is 23.6 Å². The van der Waals surface area contributed by atoms with Gasteiger partial charge in [0.15, 0.2) is 0 Å². The van der Waals surface area contributed by atoms with Gasteiger partial charge in [-0.15, -0.1) is 0 Å². The molecule has 1 saturated heterocycles. The molecule has 7 heteroatoms. The number of benzene rings is 3. The monoisotopic (exact) mass is 498 g/mol. The molecule has 0 aromatic heterocycles. The van der Waals surface area contributed by atoms with Crippen molar-refractivity contribution in [2.24, 2.45) is 0 Å². The summed E-state index contributed by atoms with van der Waals surface area (Å²) in [6.45, 7) is 4.12. The summed E-state index contributed by atoms with van der Waals surface area (Å²) in [7, 11) is 0. The van der Waals surface area contributed by atoms with Crippen LogP contribution in [0.25, 0.3) is 11.1 Å². The Morgan fingerprint density at radius 3 is 2.23 bits per heavy atom. The zero-order chi connectivity index (χ0) is 25.1. The Hall–Kier alpha value is -2.45. The first-order chi connectivity index (χ1) is 16.8. The number of halogens is 1. The van der Waals surface area contributed by atoms with E-state index in [2.05, 4.69) is 0 Å². The summed E-state index contributed by atoms with van der Waals surface area (Å²) < 4.78 is 11.4. The zero-order valence-electron chi connectivity index (χ0n) is 19.8. The van der Waals surface area contributed by atoms with Crippen LogP contribution in [0.4, 0.5) is 0 Å². The highest BCUT2D eigenvalue weighted by molar-refractivity contribution is 6.30. The van der Waals surface area contributed by atoms with Gasteiger partial charge < -0.3 is 29.9 Å². The standard InChI is InChI=1S/C28H31ClO6/c1-3-34-22-10-4-17(5-11-22)12-19-13-20(28-27(33)26(32)25(31)24(15-30)35-28)14-23(16(19)2)18-6-8-21(29)9-7-18/h4-11,13-14,24-28,30-33H,3,12,15H2,1-2H3/t24-,25-,26+,27-,28+/m1/s1. The Morgan fingerprint density at radius 2 is 1.60 bits per heavy atom. The third kappa shape index (κ3) is 5.54. The van der Waals surface area contributed by atoms with Gasteiger partial charge in [-0.05, 0) is 84.0 Å². The highest BCUT2D eigenvalue weighted by Gasteiger charge is 2.44. The fraction of sp³-hybridized carbons (Fsp3) is 0.357. The van der Waals surface area contributed by atoms with E-state index in [9.17, 15) is 20.4 Å². The fourth-order valence-corrected chi connectivity index (χ4v) is 4.67. The Morgan fingerprint density at radius 1 is 0.914 bits per heavy atom. The van der Waals surface area contributed by atoms with Crippen molar-refractivity contribution in [3.05, 3.63) is 87.9 Å². The topological polar surface area (TPSA) is 99.4 Å². The van der Waals surface area contributed by atoms with Gasteiger partial charge in [-0.1, -0.05) is 41.9 Å². The minimum Gasteiger partial charge on any atom is -0.494 e. The van der Waals surface area contributed by atoms with Gasteiger partial charge >= 0.3 is 0 Å². The SMILES string of the molecule is CCOc1ccc(Cc2cc([C@@H]3O[C@H](CO)[C@@H](O)[C@H](O)[C@H]3O)cc(-c3ccc(Cl)cc3)c2C)cc1. The largest absolute Gasteiger partial charge is 0.494 e. The summed E-state index contributed by atoms with van der Waals surface area (Å²) >= 11 is 6.11. The van der Waals surface area contributed by atoms with Crippen molar-refractivity contribution in [2.45, 2.75) is 50.8 Å². The van der Waals surface area contributed by atoms with Crippen LogP contribution >= 0.6 is 11.6 Å². The van der Waals surface area contributed by atoms with Crippen LogP contribution in [0.3, 0.4) is 0 Å². The van der Waals surface area contributed by atoms with E-state index in [1.165, 1.54) is 0 Å². The van der Waals surface area contributed by atoms with Crippen molar-refractivity contribution in [1.29, 1.82) is 0 Å². The molecule has 3 aromatic rings. The summed E-state index contributed by atoms with van der Waals surface area (Å²) in [4.78, 5) is 0. The molecular formula is C28H31ClO6. The molecule has 3 aromatic carbocycles. The van der Waals surface area contributed by atoms with Crippen LogP contribution in [-0.4, -0.2) is 58.1 Å². The second-order valence-corrected chi connectivity index (χ2v) is 9.30. The number of aliphatic hydroxyl groups excluding tert-OH is 4. The van der Waals surface area contributed by atoms with Crippen molar-refractivity contribution < 1.29 is 29.9 Å². The lowest BCUT2D eigenvalue weighted by atomic mass is 9.85. The molecule has 0 unspecified atom stereocenters. The van der Waals surface area contributed by atoms with Crippen LogP contribution in [0.2, 0.25) is 5.02 Å². The van der Waals surface area contributed by atoms with E-state index in [4.69, 9.17) is 21.1 Å². The smallest absolute Gasteiger partial charge is 0.119 e. The summed E-state index contributed by atoms with van der Waals surface area (Å²) in [6, 6.07) is 19.3. The lowest BCUT2D eigenvalue weighted by molar-refractivity contribution is -0.231. The number of ether oxygens (including phenoxy) is 2. The number of hydrogen-bond acceptors (Lipinski definition) is 6. The average Bonchev–Trinajstić information content (AvgIpc) is 2.86. The maximum atomic E-state index is 10.8. The number of aliphatic hydroxyl groups is 4. The quantitative estimate of drug-likeness (QED) is 0.395. The summed E-state index contributed by atoms with van der Waals surface area (Å²) in [5.74, 6) is 0.810. The summed E-state index contributed by atoms with van der Waals surface area (Å²) in [5, 5.41) is 41.6. The molecule has 186 valence electrons. The molecule has 1 aliphatic heterocycles. The van der Waals surface area contributed by atoms with E-state index >= 15 is 0 Å². The second-order valence-electron chi connectivity index (χ2n) is 8.86. The molecule has 0 aliphatic carbocycles. The minimum absolute atomic E-state index is 0.476. The Bertz CT molecular complexity index is 1130. The molecular weight excluding hydrogens is 468 g/mol. The Balaban J connectivity index is 1.77. The van der Waals surface area contributed by atoms with Gasteiger partial charge in [0.05, 0.1) is 13.2 Å². The van der Waals surface area contributed by atoms with E-state index in [1.54, 1.807) is 0 Å². The van der Waals surface area contributed by atoms with Gasteiger partial charge in [0.25, 0.3) is 0 Å². The molecule has 0 radical (unpaired) electrons. The molecule has 0 bridgehead atoms. The van der Waals surface area contributed by atoms with Crippen molar-refractivity contribution in [3.8, 4) is 16.9 Å². The normalized spacial score (nSPS) is 24.4. The van der Waals surface area contributed by atoms with Crippen LogP contribution in [-0.2, 0) is 11.2 Å². The van der Waals surface area contributed by atoms with Crippen LogP contribution in [0.5, 0.6) is 5.75 Å². The lowest BCUT2D eigenvalue weighted by Crippen LogP contribution is -2.55. The van der Waals surface area contributed by atoms with Crippen LogP contribution < -0.4 is 4.74 Å². The molecule has 1 fully saturated rings. The highest BCUT2D eigenvalue weighted by Crippen LogP contribution is 2.37. The third-order valence-electron chi connectivity index (χ3n) is 6.54. The Kier molecular flexibility index (Phi) is 8.12. The Labute approximate surface area is 210 Å².